The van der Waals surface area contributed by atoms with Crippen molar-refractivity contribution in [1.82, 2.24) is 15.1 Å². The third-order valence-corrected chi connectivity index (χ3v) is 5.68. The fraction of sp³-hybridized carbons (Fsp3) is 0.188. The second-order valence-electron chi connectivity index (χ2n) is 4.98. The van der Waals surface area contributed by atoms with E-state index in [9.17, 15) is 4.79 Å². The van der Waals surface area contributed by atoms with Crippen LogP contribution in [0.1, 0.15) is 5.56 Å². The van der Waals surface area contributed by atoms with Crippen LogP contribution in [0.15, 0.2) is 55.9 Å². The second kappa shape index (κ2) is 7.96. The van der Waals surface area contributed by atoms with E-state index >= 15 is 0 Å². The molecule has 0 spiro atoms. The van der Waals surface area contributed by atoms with E-state index in [4.69, 9.17) is 4.42 Å². The number of aromatic nitrogens is 2. The van der Waals surface area contributed by atoms with Crippen LogP contribution in [0.4, 0.5) is 0 Å². The van der Waals surface area contributed by atoms with Gasteiger partial charge in [-0.2, -0.15) is 0 Å². The van der Waals surface area contributed by atoms with Gasteiger partial charge in [-0.3, -0.25) is 4.79 Å². The number of benzene rings is 1. The SMILES string of the molecule is CN(Cc1ccccc1Br)C(=O)CSc1nnc(-c2cccs2)o1. The monoisotopic (exact) mass is 423 g/mol. The standard InChI is InChI=1S/C16H14BrN3O2S2/c1-20(9-11-5-2-3-6-12(11)17)14(21)10-24-16-19-18-15(22-16)13-7-4-8-23-13/h2-8H,9-10H2,1H3. The molecule has 3 aromatic rings. The minimum Gasteiger partial charge on any atom is -0.410 e. The Morgan fingerprint density at radius 1 is 1.29 bits per heavy atom. The highest BCUT2D eigenvalue weighted by Gasteiger charge is 2.15. The van der Waals surface area contributed by atoms with E-state index in [0.717, 1.165) is 14.9 Å². The van der Waals surface area contributed by atoms with Crippen molar-refractivity contribution >= 4 is 44.9 Å². The van der Waals surface area contributed by atoms with E-state index in [-0.39, 0.29) is 11.7 Å². The molecule has 3 rings (SSSR count). The molecule has 0 unspecified atom stereocenters. The molecule has 2 heterocycles. The van der Waals surface area contributed by atoms with Gasteiger partial charge in [0, 0.05) is 18.1 Å². The molecule has 0 aliphatic rings. The van der Waals surface area contributed by atoms with Crippen molar-refractivity contribution in [3.63, 3.8) is 0 Å². The highest BCUT2D eigenvalue weighted by Crippen LogP contribution is 2.26. The molecule has 0 saturated carbocycles. The molecule has 1 amide bonds. The molecule has 0 radical (unpaired) electrons. The smallest absolute Gasteiger partial charge is 0.277 e. The van der Waals surface area contributed by atoms with E-state index in [2.05, 4.69) is 26.1 Å². The fourth-order valence-electron chi connectivity index (χ4n) is 1.97. The van der Waals surface area contributed by atoms with E-state index in [1.54, 1.807) is 11.9 Å². The van der Waals surface area contributed by atoms with Crippen molar-refractivity contribution in [3.8, 4) is 10.8 Å². The first-order valence-electron chi connectivity index (χ1n) is 7.11. The average molecular weight is 424 g/mol. The van der Waals surface area contributed by atoms with Crippen LogP contribution in [0.3, 0.4) is 0 Å². The largest absolute Gasteiger partial charge is 0.410 e. The van der Waals surface area contributed by atoms with E-state index in [1.165, 1.54) is 23.1 Å². The molecule has 0 aliphatic heterocycles. The highest BCUT2D eigenvalue weighted by molar-refractivity contribution is 9.10. The van der Waals surface area contributed by atoms with Crippen LogP contribution in [-0.2, 0) is 11.3 Å². The summed E-state index contributed by atoms with van der Waals surface area (Å²) in [6, 6.07) is 11.7. The molecule has 0 bridgehead atoms. The lowest BCUT2D eigenvalue weighted by Crippen LogP contribution is -2.27. The Bertz CT molecular complexity index is 820. The van der Waals surface area contributed by atoms with Gasteiger partial charge < -0.3 is 9.32 Å². The first-order valence-corrected chi connectivity index (χ1v) is 9.77. The highest BCUT2D eigenvalue weighted by atomic mass is 79.9. The van der Waals surface area contributed by atoms with E-state index < -0.39 is 0 Å². The number of carbonyl (C=O) groups is 1. The van der Waals surface area contributed by atoms with Crippen LogP contribution in [0, 0.1) is 0 Å². The molecule has 0 saturated heterocycles. The van der Waals surface area contributed by atoms with Crippen LogP contribution in [0.5, 0.6) is 0 Å². The van der Waals surface area contributed by atoms with Crippen molar-refractivity contribution in [2.75, 3.05) is 12.8 Å². The lowest BCUT2D eigenvalue weighted by molar-refractivity contribution is -0.127. The molecule has 0 fully saturated rings. The van der Waals surface area contributed by atoms with Gasteiger partial charge in [-0.15, -0.1) is 21.5 Å². The topological polar surface area (TPSA) is 59.2 Å². The Morgan fingerprint density at radius 3 is 2.88 bits per heavy atom. The number of hydrogen-bond donors (Lipinski definition) is 0. The Kier molecular flexibility index (Phi) is 5.70. The van der Waals surface area contributed by atoms with Gasteiger partial charge in [-0.25, -0.2) is 0 Å². The molecule has 8 heteroatoms. The Morgan fingerprint density at radius 2 is 2.12 bits per heavy atom. The average Bonchev–Trinajstić information content (AvgIpc) is 3.25. The zero-order valence-corrected chi connectivity index (χ0v) is 16.0. The van der Waals surface area contributed by atoms with Gasteiger partial charge in [-0.05, 0) is 23.1 Å². The summed E-state index contributed by atoms with van der Waals surface area (Å²) in [4.78, 5) is 14.9. The zero-order chi connectivity index (χ0) is 16.9. The first kappa shape index (κ1) is 17.2. The van der Waals surface area contributed by atoms with Gasteiger partial charge in [0.2, 0.25) is 5.91 Å². The molecule has 1 aromatic carbocycles. The maximum absolute atomic E-state index is 12.3. The number of thioether (sulfide) groups is 1. The molecular weight excluding hydrogens is 410 g/mol. The van der Waals surface area contributed by atoms with Crippen molar-refractivity contribution in [1.29, 1.82) is 0 Å². The number of hydrogen-bond acceptors (Lipinski definition) is 6. The van der Waals surface area contributed by atoms with E-state index in [1.807, 2.05) is 41.8 Å². The van der Waals surface area contributed by atoms with Crippen LogP contribution < -0.4 is 0 Å². The molecule has 24 heavy (non-hydrogen) atoms. The molecule has 2 aromatic heterocycles. The van der Waals surface area contributed by atoms with Crippen molar-refractivity contribution in [2.45, 2.75) is 11.8 Å². The summed E-state index contributed by atoms with van der Waals surface area (Å²) < 4.78 is 6.56. The van der Waals surface area contributed by atoms with Gasteiger partial charge >= 0.3 is 0 Å². The lowest BCUT2D eigenvalue weighted by Gasteiger charge is -2.17. The maximum atomic E-state index is 12.3. The van der Waals surface area contributed by atoms with Crippen LogP contribution >= 0.6 is 39.0 Å². The number of halogens is 1. The van der Waals surface area contributed by atoms with Crippen molar-refractivity contribution in [3.05, 3.63) is 51.8 Å². The summed E-state index contributed by atoms with van der Waals surface area (Å²) >= 11 is 6.28. The van der Waals surface area contributed by atoms with Gasteiger partial charge in [0.25, 0.3) is 11.1 Å². The van der Waals surface area contributed by atoms with Crippen molar-refractivity contribution < 1.29 is 9.21 Å². The normalized spacial score (nSPS) is 10.8. The molecular formula is C16H14BrN3O2S2. The second-order valence-corrected chi connectivity index (χ2v) is 7.71. The van der Waals surface area contributed by atoms with Crippen LogP contribution in [0.2, 0.25) is 0 Å². The molecule has 0 atom stereocenters. The number of thiophene rings is 1. The predicted octanol–water partition coefficient (Wildman–Crippen LogP) is 4.31. The first-order chi connectivity index (χ1) is 11.6. The fourth-order valence-corrected chi connectivity index (χ4v) is 3.73. The van der Waals surface area contributed by atoms with Crippen LogP contribution in [-0.4, -0.2) is 33.8 Å². The summed E-state index contributed by atoms with van der Waals surface area (Å²) in [6.45, 7) is 0.547. The number of amides is 1. The molecule has 0 N–H and O–H groups in total. The van der Waals surface area contributed by atoms with Gasteiger partial charge in [0.15, 0.2) is 0 Å². The molecule has 124 valence electrons. The lowest BCUT2D eigenvalue weighted by atomic mass is 10.2. The van der Waals surface area contributed by atoms with Gasteiger partial charge in [-0.1, -0.05) is 52.0 Å². The summed E-state index contributed by atoms with van der Waals surface area (Å²) in [6.07, 6.45) is 0. The van der Waals surface area contributed by atoms with Gasteiger partial charge in [0.1, 0.15) is 0 Å². The maximum Gasteiger partial charge on any atom is 0.277 e. The predicted molar refractivity (Wildman–Crippen MR) is 99.0 cm³/mol. The van der Waals surface area contributed by atoms with E-state index in [0.29, 0.717) is 17.7 Å². The summed E-state index contributed by atoms with van der Waals surface area (Å²) in [7, 11) is 1.78. The minimum absolute atomic E-state index is 0.00614. The molecule has 5 nitrogen and oxygen atoms in total. The number of nitrogens with zero attached hydrogens (tertiary/aromatic N) is 3. The summed E-state index contributed by atoms with van der Waals surface area (Å²) in [5, 5.41) is 10.3. The summed E-state index contributed by atoms with van der Waals surface area (Å²) in [5.41, 5.74) is 1.07. The quantitative estimate of drug-likeness (QED) is 0.552. The Balaban J connectivity index is 1.54. The molecule has 0 aliphatic carbocycles. The minimum atomic E-state index is 0.00614. The Labute approximate surface area is 156 Å². The Hall–Kier alpha value is -1.64. The number of carbonyl (C=O) groups excluding carboxylic acids is 1. The van der Waals surface area contributed by atoms with Crippen LogP contribution in [0.25, 0.3) is 10.8 Å². The zero-order valence-electron chi connectivity index (χ0n) is 12.8. The third-order valence-electron chi connectivity index (χ3n) is 3.25. The number of rotatable bonds is 6. The summed E-state index contributed by atoms with van der Waals surface area (Å²) in [5.74, 6) is 0.751. The third kappa shape index (κ3) is 4.25. The van der Waals surface area contributed by atoms with Crippen molar-refractivity contribution in [2.24, 2.45) is 0 Å². The van der Waals surface area contributed by atoms with Gasteiger partial charge in [0.05, 0.1) is 10.6 Å².